The van der Waals surface area contributed by atoms with E-state index in [1.165, 1.54) is 25.7 Å². The predicted molar refractivity (Wildman–Crippen MR) is 121 cm³/mol. The Morgan fingerprint density at radius 1 is 1.13 bits per heavy atom. The van der Waals surface area contributed by atoms with Crippen molar-refractivity contribution in [1.29, 1.82) is 0 Å². The summed E-state index contributed by atoms with van der Waals surface area (Å²) in [5.41, 5.74) is 1.02. The van der Waals surface area contributed by atoms with E-state index in [0.717, 1.165) is 11.8 Å². The quantitative estimate of drug-likeness (QED) is 0.760. The Morgan fingerprint density at radius 3 is 2.55 bits per heavy atom. The molecular weight excluding hydrogens is 414 g/mol. The van der Waals surface area contributed by atoms with E-state index in [2.05, 4.69) is 10.3 Å². The maximum atomic E-state index is 12.8. The van der Waals surface area contributed by atoms with E-state index in [1.807, 2.05) is 10.6 Å². The number of fused-ring (bicyclic) bond motifs is 1. The second kappa shape index (κ2) is 7.55. The molecule has 3 aliphatic rings. The highest BCUT2D eigenvalue weighted by molar-refractivity contribution is 7.89. The molecule has 2 aromatic rings. The zero-order valence-corrected chi connectivity index (χ0v) is 19.1. The summed E-state index contributed by atoms with van der Waals surface area (Å²) in [6.07, 6.45) is 9.02. The Balaban J connectivity index is 1.37. The first-order valence-electron chi connectivity index (χ1n) is 11.4. The van der Waals surface area contributed by atoms with Crippen LogP contribution in [0.5, 0.6) is 0 Å². The number of nitrogens with one attached hydrogen (secondary N) is 1. The molecule has 2 aliphatic carbocycles. The highest BCUT2D eigenvalue weighted by Crippen LogP contribution is 2.63. The van der Waals surface area contributed by atoms with Crippen LogP contribution in [0.1, 0.15) is 64.8 Å². The lowest BCUT2D eigenvalue weighted by atomic mass is 10.00. The van der Waals surface area contributed by atoms with Crippen LogP contribution in [0.15, 0.2) is 23.1 Å². The Bertz CT molecular complexity index is 1150. The van der Waals surface area contributed by atoms with Gasteiger partial charge in [-0.1, -0.05) is 6.42 Å². The monoisotopic (exact) mass is 445 g/mol. The van der Waals surface area contributed by atoms with E-state index in [0.29, 0.717) is 42.9 Å². The van der Waals surface area contributed by atoms with E-state index >= 15 is 0 Å². The molecule has 3 heterocycles. The molecule has 1 spiro atoms. The number of hydrogen-bond acceptors (Lipinski definition) is 6. The van der Waals surface area contributed by atoms with Crippen molar-refractivity contribution in [3.05, 3.63) is 28.7 Å². The Labute approximate surface area is 183 Å². The van der Waals surface area contributed by atoms with Gasteiger partial charge in [-0.2, -0.15) is 4.98 Å². The van der Waals surface area contributed by atoms with Crippen LogP contribution in [0.2, 0.25) is 0 Å². The zero-order chi connectivity index (χ0) is 21.8. The third kappa shape index (κ3) is 3.65. The summed E-state index contributed by atoms with van der Waals surface area (Å²) >= 11 is 0. The third-order valence-electron chi connectivity index (χ3n) is 7.47. The predicted octanol–water partition coefficient (Wildman–Crippen LogP) is 2.91. The van der Waals surface area contributed by atoms with Crippen LogP contribution in [0.25, 0.3) is 11.0 Å². The summed E-state index contributed by atoms with van der Waals surface area (Å²) in [6, 6.07) is 3.79. The molecule has 0 unspecified atom stereocenters. The molecule has 168 valence electrons. The van der Waals surface area contributed by atoms with Crippen LogP contribution >= 0.6 is 0 Å². The number of pyridine rings is 1. The smallest absolute Gasteiger partial charge is 0.252 e. The van der Waals surface area contributed by atoms with Gasteiger partial charge in [0.05, 0.1) is 5.25 Å². The summed E-state index contributed by atoms with van der Waals surface area (Å²) in [7, 11) is -3.21. The summed E-state index contributed by atoms with van der Waals surface area (Å²) in [6.45, 7) is 4.44. The number of rotatable bonds is 5. The van der Waals surface area contributed by atoms with Crippen LogP contribution in [0.4, 0.5) is 5.95 Å². The van der Waals surface area contributed by atoms with Crippen LogP contribution in [-0.4, -0.2) is 51.6 Å². The Hall–Kier alpha value is -2.00. The van der Waals surface area contributed by atoms with Crippen molar-refractivity contribution in [1.82, 2.24) is 18.8 Å². The molecule has 3 fully saturated rings. The summed E-state index contributed by atoms with van der Waals surface area (Å²) < 4.78 is 28.3. The highest BCUT2D eigenvalue weighted by atomic mass is 32.2. The normalized spacial score (nSPS) is 24.3. The van der Waals surface area contributed by atoms with Crippen LogP contribution in [0, 0.1) is 5.41 Å². The molecule has 2 aromatic heterocycles. The largest absolute Gasteiger partial charge is 0.351 e. The van der Waals surface area contributed by atoms with Gasteiger partial charge < -0.3 is 5.32 Å². The minimum absolute atomic E-state index is 0.0162. The highest BCUT2D eigenvalue weighted by Gasteiger charge is 2.53. The fraction of sp³-hybridized carbons (Fsp3) is 0.682. The number of nitrogens with zero attached hydrogens (tertiary/aromatic N) is 4. The molecule has 31 heavy (non-hydrogen) atoms. The molecule has 0 aromatic carbocycles. The van der Waals surface area contributed by atoms with Gasteiger partial charge >= 0.3 is 0 Å². The van der Waals surface area contributed by atoms with E-state index in [1.54, 1.807) is 30.4 Å². The topological polar surface area (TPSA) is 97.2 Å². The van der Waals surface area contributed by atoms with Gasteiger partial charge in [0, 0.05) is 42.8 Å². The lowest BCUT2D eigenvalue weighted by Gasteiger charge is -2.32. The molecule has 2 saturated carbocycles. The van der Waals surface area contributed by atoms with Crippen molar-refractivity contribution >= 4 is 27.0 Å². The minimum atomic E-state index is -3.21. The van der Waals surface area contributed by atoms with Crippen molar-refractivity contribution in [3.63, 3.8) is 0 Å². The van der Waals surface area contributed by atoms with Crippen molar-refractivity contribution < 1.29 is 8.42 Å². The van der Waals surface area contributed by atoms with Gasteiger partial charge in [-0.25, -0.2) is 17.7 Å². The molecule has 9 heteroatoms. The van der Waals surface area contributed by atoms with E-state index in [9.17, 15) is 13.2 Å². The molecule has 1 aliphatic heterocycles. The number of aromatic nitrogens is 3. The van der Waals surface area contributed by atoms with Gasteiger partial charge in [-0.15, -0.1) is 0 Å². The second-order valence-electron chi connectivity index (χ2n) is 9.70. The fourth-order valence-corrected chi connectivity index (χ4v) is 6.73. The van der Waals surface area contributed by atoms with Crippen molar-refractivity contribution in [2.24, 2.45) is 5.41 Å². The standard InChI is InChI=1S/C22H31N5O3S/c1-15(2)31(29,30)26-12-7-17(8-13-26)24-21-23-14-16-5-6-19(28)27(20(16)25-21)18-4-3-9-22(18)10-11-22/h5-6,14-15,17-18H,3-4,7-13H2,1-2H3,(H,23,24,25)/t18-/m0/s1. The van der Waals surface area contributed by atoms with Crippen LogP contribution in [-0.2, 0) is 10.0 Å². The van der Waals surface area contributed by atoms with Gasteiger partial charge in [0.2, 0.25) is 16.0 Å². The fourth-order valence-electron chi connectivity index (χ4n) is 5.41. The number of piperidine rings is 1. The van der Waals surface area contributed by atoms with Gasteiger partial charge in [0.25, 0.3) is 5.56 Å². The number of sulfonamides is 1. The Kier molecular flexibility index (Phi) is 5.08. The molecule has 1 atom stereocenters. The lowest BCUT2D eigenvalue weighted by Crippen LogP contribution is -2.45. The van der Waals surface area contributed by atoms with Gasteiger partial charge in [0.15, 0.2) is 0 Å². The SMILES string of the molecule is CC(C)S(=O)(=O)N1CCC(Nc2ncc3ccc(=O)n([C@H]4CCCC45CC5)c3n2)CC1. The minimum Gasteiger partial charge on any atom is -0.351 e. The van der Waals surface area contributed by atoms with Crippen LogP contribution < -0.4 is 10.9 Å². The van der Waals surface area contributed by atoms with Gasteiger partial charge in [-0.3, -0.25) is 9.36 Å². The maximum absolute atomic E-state index is 12.8. The Morgan fingerprint density at radius 2 is 1.87 bits per heavy atom. The molecule has 8 nitrogen and oxygen atoms in total. The molecule has 0 radical (unpaired) electrons. The summed E-state index contributed by atoms with van der Waals surface area (Å²) in [5.74, 6) is 0.514. The van der Waals surface area contributed by atoms with Gasteiger partial charge in [-0.05, 0) is 63.9 Å². The zero-order valence-electron chi connectivity index (χ0n) is 18.2. The lowest BCUT2D eigenvalue weighted by molar-refractivity contribution is 0.326. The average Bonchev–Trinajstić information content (AvgIpc) is 3.41. The first-order valence-corrected chi connectivity index (χ1v) is 12.9. The van der Waals surface area contributed by atoms with Crippen molar-refractivity contribution in [3.8, 4) is 0 Å². The van der Waals surface area contributed by atoms with E-state index < -0.39 is 15.3 Å². The molecular formula is C22H31N5O3S. The second-order valence-corrected chi connectivity index (χ2v) is 12.2. The molecule has 0 amide bonds. The van der Waals surface area contributed by atoms with Gasteiger partial charge in [0.1, 0.15) is 5.65 Å². The average molecular weight is 446 g/mol. The van der Waals surface area contributed by atoms with Crippen LogP contribution in [0.3, 0.4) is 0 Å². The summed E-state index contributed by atoms with van der Waals surface area (Å²) in [4.78, 5) is 22.1. The van der Waals surface area contributed by atoms with E-state index in [4.69, 9.17) is 4.98 Å². The number of hydrogen-bond donors (Lipinski definition) is 1. The first kappa shape index (κ1) is 20.9. The maximum Gasteiger partial charge on any atom is 0.252 e. The third-order valence-corrected chi connectivity index (χ3v) is 9.75. The first-order chi connectivity index (χ1) is 14.8. The van der Waals surface area contributed by atoms with Crippen molar-refractivity contribution in [2.45, 2.75) is 76.1 Å². The molecule has 5 rings (SSSR count). The molecule has 0 bridgehead atoms. The van der Waals surface area contributed by atoms with E-state index in [-0.39, 0.29) is 17.6 Å². The molecule has 1 N–H and O–H groups in total. The number of anilines is 1. The molecule has 1 saturated heterocycles. The summed E-state index contributed by atoms with van der Waals surface area (Å²) in [5, 5.41) is 3.87. The van der Waals surface area contributed by atoms with Crippen molar-refractivity contribution in [2.75, 3.05) is 18.4 Å².